The van der Waals surface area contributed by atoms with Crippen LogP contribution in [0.2, 0.25) is 0 Å². The van der Waals surface area contributed by atoms with Crippen molar-refractivity contribution in [1.82, 2.24) is 4.90 Å². The topological polar surface area (TPSA) is 41.6 Å². The Bertz CT molecular complexity index is 475. The van der Waals surface area contributed by atoms with E-state index >= 15 is 0 Å². The number of benzene rings is 1. The van der Waals surface area contributed by atoms with Crippen LogP contribution in [-0.2, 0) is 4.79 Å². The molecule has 0 bridgehead atoms. The van der Waals surface area contributed by atoms with Gasteiger partial charge in [-0.1, -0.05) is 19.1 Å². The summed E-state index contributed by atoms with van der Waals surface area (Å²) < 4.78 is 5.83. The Balaban J connectivity index is 1.69. The van der Waals surface area contributed by atoms with Crippen molar-refractivity contribution in [3.05, 3.63) is 24.3 Å². The largest absolute Gasteiger partial charge is 0.477 e. The van der Waals surface area contributed by atoms with E-state index in [0.29, 0.717) is 12.5 Å². The van der Waals surface area contributed by atoms with Gasteiger partial charge in [0.25, 0.3) is 5.91 Å². The molecule has 0 spiro atoms. The minimum atomic E-state index is -0.389. The third-order valence-corrected chi connectivity index (χ3v) is 3.88. The molecule has 2 aliphatic rings. The second kappa shape index (κ2) is 5.11. The number of likely N-dealkylation sites (tertiary alicyclic amines) is 1. The fraction of sp³-hybridized carbons (Fsp3) is 0.533. The molecule has 19 heavy (non-hydrogen) atoms. The average molecular weight is 260 g/mol. The van der Waals surface area contributed by atoms with Gasteiger partial charge in [0.15, 0.2) is 6.10 Å². The van der Waals surface area contributed by atoms with Gasteiger partial charge in [0.05, 0.1) is 12.2 Å². The molecular formula is C15H20N2O2. The van der Waals surface area contributed by atoms with E-state index in [9.17, 15) is 4.79 Å². The first-order chi connectivity index (χ1) is 9.24. The van der Waals surface area contributed by atoms with Crippen molar-refractivity contribution in [2.24, 2.45) is 5.92 Å². The Labute approximate surface area is 113 Å². The smallest absolute Gasteiger partial charge is 0.265 e. The molecule has 0 aromatic heterocycles. The summed E-state index contributed by atoms with van der Waals surface area (Å²) in [4.78, 5) is 14.4. The lowest BCUT2D eigenvalue weighted by Gasteiger charge is -2.35. The first-order valence-electron chi connectivity index (χ1n) is 7.02. The highest BCUT2D eigenvalue weighted by Gasteiger charge is 2.31. The van der Waals surface area contributed by atoms with Crippen LogP contribution in [-0.4, -0.2) is 36.5 Å². The maximum atomic E-state index is 12.5. The lowest BCUT2D eigenvalue weighted by Crippen LogP contribution is -2.49. The van der Waals surface area contributed by atoms with Crippen molar-refractivity contribution in [1.29, 1.82) is 0 Å². The van der Waals surface area contributed by atoms with Gasteiger partial charge in [0, 0.05) is 13.1 Å². The quantitative estimate of drug-likeness (QED) is 0.841. The van der Waals surface area contributed by atoms with Gasteiger partial charge >= 0.3 is 0 Å². The fourth-order valence-corrected chi connectivity index (χ4v) is 2.84. The molecule has 1 amide bonds. The van der Waals surface area contributed by atoms with E-state index in [-0.39, 0.29) is 12.0 Å². The third kappa shape index (κ3) is 2.53. The number of hydrogen-bond acceptors (Lipinski definition) is 3. The number of carbonyl (C=O) groups is 1. The Kier molecular flexibility index (Phi) is 3.32. The second-order valence-corrected chi connectivity index (χ2v) is 5.52. The highest BCUT2D eigenvalue weighted by molar-refractivity contribution is 5.83. The van der Waals surface area contributed by atoms with Crippen molar-refractivity contribution >= 4 is 11.6 Å². The predicted octanol–water partition coefficient (Wildman–Crippen LogP) is 2.12. The zero-order valence-electron chi connectivity index (χ0n) is 11.3. The number of hydrogen-bond donors (Lipinski definition) is 1. The number of anilines is 1. The molecule has 2 aliphatic heterocycles. The summed E-state index contributed by atoms with van der Waals surface area (Å²) in [6, 6.07) is 7.76. The number of nitrogens with zero attached hydrogens (tertiary/aromatic N) is 1. The molecule has 1 fully saturated rings. The zero-order chi connectivity index (χ0) is 13.2. The predicted molar refractivity (Wildman–Crippen MR) is 74.3 cm³/mol. The Morgan fingerprint density at radius 1 is 1.42 bits per heavy atom. The number of nitrogens with one attached hydrogen (secondary N) is 1. The van der Waals surface area contributed by atoms with Crippen LogP contribution in [0.15, 0.2) is 24.3 Å². The summed E-state index contributed by atoms with van der Waals surface area (Å²) in [6.07, 6.45) is 1.93. The van der Waals surface area contributed by atoms with Gasteiger partial charge in [-0.05, 0) is 30.9 Å². The summed E-state index contributed by atoms with van der Waals surface area (Å²) >= 11 is 0. The maximum Gasteiger partial charge on any atom is 0.265 e. The molecular weight excluding hydrogens is 240 g/mol. The first kappa shape index (κ1) is 12.3. The number of carbonyl (C=O) groups excluding carboxylic acids is 1. The summed E-state index contributed by atoms with van der Waals surface area (Å²) in [7, 11) is 0. The highest BCUT2D eigenvalue weighted by Crippen LogP contribution is 2.29. The highest BCUT2D eigenvalue weighted by atomic mass is 16.5. The minimum absolute atomic E-state index is 0.119. The molecule has 1 aromatic carbocycles. The van der Waals surface area contributed by atoms with Gasteiger partial charge in [-0.25, -0.2) is 0 Å². The van der Waals surface area contributed by atoms with Crippen LogP contribution in [0.3, 0.4) is 0 Å². The minimum Gasteiger partial charge on any atom is -0.477 e. The summed E-state index contributed by atoms with van der Waals surface area (Å²) in [5.41, 5.74) is 0.971. The molecule has 4 heteroatoms. The Hall–Kier alpha value is -1.71. The molecule has 0 radical (unpaired) electrons. The van der Waals surface area contributed by atoms with E-state index in [1.807, 2.05) is 29.2 Å². The van der Waals surface area contributed by atoms with Crippen molar-refractivity contribution < 1.29 is 9.53 Å². The van der Waals surface area contributed by atoms with E-state index in [0.717, 1.165) is 30.9 Å². The lowest BCUT2D eigenvalue weighted by molar-refractivity contribution is -0.140. The van der Waals surface area contributed by atoms with Crippen LogP contribution in [0, 0.1) is 5.92 Å². The standard InChI is InChI=1S/C15H20N2O2/c1-11-5-4-8-17(10-11)15(18)14-9-16-12-6-2-3-7-13(12)19-14/h2-3,6-7,11,14,16H,4-5,8-10H2,1H3. The van der Waals surface area contributed by atoms with E-state index < -0.39 is 0 Å². The molecule has 102 valence electrons. The van der Waals surface area contributed by atoms with Gasteiger partial charge in [0.2, 0.25) is 0 Å². The third-order valence-electron chi connectivity index (χ3n) is 3.88. The summed E-state index contributed by atoms with van der Waals surface area (Å²) in [5.74, 6) is 1.49. The van der Waals surface area contributed by atoms with Crippen molar-refractivity contribution in [3.8, 4) is 5.75 Å². The maximum absolute atomic E-state index is 12.5. The molecule has 0 aliphatic carbocycles. The fourth-order valence-electron chi connectivity index (χ4n) is 2.84. The van der Waals surface area contributed by atoms with E-state index in [1.54, 1.807) is 0 Å². The molecule has 1 saturated heterocycles. The molecule has 1 aromatic rings. The number of fused-ring (bicyclic) bond motifs is 1. The molecule has 0 saturated carbocycles. The Morgan fingerprint density at radius 2 is 2.26 bits per heavy atom. The summed E-state index contributed by atoms with van der Waals surface area (Å²) in [6.45, 7) is 4.49. The van der Waals surface area contributed by atoms with Gasteiger partial charge < -0.3 is 15.0 Å². The number of piperidine rings is 1. The molecule has 1 N–H and O–H groups in total. The van der Waals surface area contributed by atoms with Gasteiger partial charge in [-0.2, -0.15) is 0 Å². The number of ether oxygens (including phenoxy) is 1. The lowest BCUT2D eigenvalue weighted by atomic mass is 10.00. The van der Waals surface area contributed by atoms with Crippen molar-refractivity contribution in [3.63, 3.8) is 0 Å². The number of rotatable bonds is 1. The first-order valence-corrected chi connectivity index (χ1v) is 7.02. The van der Waals surface area contributed by atoms with Crippen LogP contribution in [0.25, 0.3) is 0 Å². The van der Waals surface area contributed by atoms with Crippen LogP contribution in [0.5, 0.6) is 5.75 Å². The summed E-state index contributed by atoms with van der Waals surface area (Å²) in [5, 5.41) is 3.27. The van der Waals surface area contributed by atoms with Gasteiger partial charge in [-0.3, -0.25) is 4.79 Å². The molecule has 2 heterocycles. The molecule has 2 unspecified atom stereocenters. The second-order valence-electron chi connectivity index (χ2n) is 5.52. The van der Waals surface area contributed by atoms with E-state index in [1.165, 1.54) is 6.42 Å². The Morgan fingerprint density at radius 3 is 3.11 bits per heavy atom. The zero-order valence-corrected chi connectivity index (χ0v) is 11.3. The van der Waals surface area contributed by atoms with Crippen LogP contribution in [0.1, 0.15) is 19.8 Å². The molecule has 2 atom stereocenters. The van der Waals surface area contributed by atoms with Crippen LogP contribution < -0.4 is 10.1 Å². The number of para-hydroxylation sites is 2. The SMILES string of the molecule is CC1CCCN(C(=O)C2CNc3ccccc3O2)C1. The monoisotopic (exact) mass is 260 g/mol. The van der Waals surface area contributed by atoms with Crippen LogP contribution in [0.4, 0.5) is 5.69 Å². The van der Waals surface area contributed by atoms with E-state index in [4.69, 9.17) is 4.74 Å². The van der Waals surface area contributed by atoms with E-state index in [2.05, 4.69) is 12.2 Å². The van der Waals surface area contributed by atoms with Gasteiger partial charge in [-0.15, -0.1) is 0 Å². The average Bonchev–Trinajstić information content (AvgIpc) is 2.46. The number of amides is 1. The van der Waals surface area contributed by atoms with Crippen molar-refractivity contribution in [2.75, 3.05) is 25.0 Å². The van der Waals surface area contributed by atoms with Crippen molar-refractivity contribution in [2.45, 2.75) is 25.9 Å². The normalized spacial score (nSPS) is 26.1. The molecule has 3 rings (SSSR count). The molecule has 4 nitrogen and oxygen atoms in total. The van der Waals surface area contributed by atoms with Crippen LogP contribution >= 0.6 is 0 Å². The van der Waals surface area contributed by atoms with Gasteiger partial charge in [0.1, 0.15) is 5.75 Å².